The summed E-state index contributed by atoms with van der Waals surface area (Å²) in [6.07, 6.45) is 7.23. The minimum absolute atomic E-state index is 0.0189. The van der Waals surface area contributed by atoms with E-state index < -0.39 is 0 Å². The monoisotopic (exact) mass is 415 g/mol. The van der Waals surface area contributed by atoms with Crippen molar-refractivity contribution in [3.05, 3.63) is 23.8 Å². The van der Waals surface area contributed by atoms with Crippen molar-refractivity contribution >= 4 is 22.6 Å². The lowest BCUT2D eigenvalue weighted by Crippen LogP contribution is -2.49. The van der Waals surface area contributed by atoms with Gasteiger partial charge >= 0.3 is 0 Å². The van der Waals surface area contributed by atoms with Crippen LogP contribution in [0.3, 0.4) is 0 Å². The smallest absolute Gasteiger partial charge is 0.244 e. The fourth-order valence-electron chi connectivity index (χ4n) is 5.07. The summed E-state index contributed by atoms with van der Waals surface area (Å²) in [7, 11) is 3.50. The molecule has 0 bridgehead atoms. The van der Waals surface area contributed by atoms with Crippen molar-refractivity contribution in [1.29, 1.82) is 0 Å². The van der Waals surface area contributed by atoms with Gasteiger partial charge in [0.25, 0.3) is 0 Å². The molecule has 0 spiro atoms. The van der Waals surface area contributed by atoms with Crippen molar-refractivity contribution in [3.63, 3.8) is 0 Å². The highest BCUT2D eigenvalue weighted by atomic mass is 19.1. The number of aromatic amines is 1. The SMILES string of the molecule is CC1CCC(C(N)c2nc3c(F)c(N4CCCC[C@H]4C(=O)N(C)C)ccc3[nH]2)CC1. The molecular formula is C23H34FN5O. The number of amides is 1. The average molecular weight is 416 g/mol. The number of aromatic nitrogens is 2. The molecule has 0 radical (unpaired) electrons. The number of nitrogens with two attached hydrogens (primary N) is 1. The van der Waals surface area contributed by atoms with Gasteiger partial charge in [-0.25, -0.2) is 9.37 Å². The first-order chi connectivity index (χ1) is 14.4. The lowest BCUT2D eigenvalue weighted by Gasteiger charge is -2.37. The second-order valence-electron chi connectivity index (χ2n) is 9.40. The van der Waals surface area contributed by atoms with Crippen LogP contribution in [-0.2, 0) is 4.79 Å². The number of H-pyrrole nitrogens is 1. The number of hydrogen-bond acceptors (Lipinski definition) is 4. The number of imidazole rings is 1. The molecule has 1 saturated carbocycles. The van der Waals surface area contributed by atoms with E-state index in [4.69, 9.17) is 5.73 Å². The highest BCUT2D eigenvalue weighted by Gasteiger charge is 2.33. The third kappa shape index (κ3) is 3.92. The summed E-state index contributed by atoms with van der Waals surface area (Å²) >= 11 is 0. The molecule has 2 atom stereocenters. The molecule has 3 N–H and O–H groups in total. The van der Waals surface area contributed by atoms with Crippen molar-refractivity contribution in [2.24, 2.45) is 17.6 Å². The first-order valence-corrected chi connectivity index (χ1v) is 11.3. The van der Waals surface area contributed by atoms with Gasteiger partial charge in [-0.3, -0.25) is 4.79 Å². The number of carbonyl (C=O) groups is 1. The Balaban J connectivity index is 1.63. The number of rotatable bonds is 4. The van der Waals surface area contributed by atoms with Gasteiger partial charge in [-0.15, -0.1) is 0 Å². The Morgan fingerprint density at radius 3 is 2.67 bits per heavy atom. The lowest BCUT2D eigenvalue weighted by atomic mass is 9.79. The summed E-state index contributed by atoms with van der Waals surface area (Å²) in [5.74, 6) is 1.46. The van der Waals surface area contributed by atoms with Crippen molar-refractivity contribution in [3.8, 4) is 0 Å². The zero-order valence-electron chi connectivity index (χ0n) is 18.3. The van der Waals surface area contributed by atoms with Gasteiger partial charge in [0.15, 0.2) is 5.82 Å². The van der Waals surface area contributed by atoms with Gasteiger partial charge in [-0.1, -0.05) is 19.8 Å². The molecule has 1 aromatic heterocycles. The molecule has 6 nitrogen and oxygen atoms in total. The molecule has 164 valence electrons. The molecule has 2 heterocycles. The molecule has 1 saturated heterocycles. The predicted octanol–water partition coefficient (Wildman–Crippen LogP) is 3.98. The average Bonchev–Trinajstić information content (AvgIpc) is 3.19. The Bertz CT molecular complexity index is 902. The predicted molar refractivity (Wildman–Crippen MR) is 118 cm³/mol. The number of halogens is 1. The normalized spacial score (nSPS) is 26.0. The molecule has 1 unspecified atom stereocenters. The van der Waals surface area contributed by atoms with Crippen LogP contribution in [0.1, 0.15) is 63.7 Å². The fraction of sp³-hybridized carbons (Fsp3) is 0.652. The Morgan fingerprint density at radius 1 is 1.23 bits per heavy atom. The van der Waals surface area contributed by atoms with Crippen LogP contribution in [0.2, 0.25) is 0 Å². The number of piperidine rings is 1. The van der Waals surface area contributed by atoms with E-state index >= 15 is 4.39 Å². The summed E-state index contributed by atoms with van der Waals surface area (Å²) < 4.78 is 15.6. The number of anilines is 1. The Morgan fingerprint density at radius 2 is 1.97 bits per heavy atom. The van der Waals surface area contributed by atoms with Crippen molar-refractivity contribution in [2.75, 3.05) is 25.5 Å². The van der Waals surface area contributed by atoms with Crippen LogP contribution in [0.25, 0.3) is 11.0 Å². The van der Waals surface area contributed by atoms with E-state index in [1.54, 1.807) is 25.1 Å². The maximum Gasteiger partial charge on any atom is 0.244 e. The summed E-state index contributed by atoms with van der Waals surface area (Å²) in [5, 5.41) is 0. The van der Waals surface area contributed by atoms with E-state index in [0.29, 0.717) is 35.0 Å². The van der Waals surface area contributed by atoms with Gasteiger partial charge in [0.05, 0.1) is 17.2 Å². The molecular weight excluding hydrogens is 381 g/mol. The zero-order valence-corrected chi connectivity index (χ0v) is 18.3. The molecule has 1 aromatic carbocycles. The lowest BCUT2D eigenvalue weighted by molar-refractivity contribution is -0.130. The quantitative estimate of drug-likeness (QED) is 0.792. The number of nitrogens with one attached hydrogen (secondary N) is 1. The van der Waals surface area contributed by atoms with Crippen LogP contribution in [0, 0.1) is 17.7 Å². The van der Waals surface area contributed by atoms with Crippen molar-refractivity contribution in [2.45, 2.75) is 64.0 Å². The van der Waals surface area contributed by atoms with Gasteiger partial charge in [-0.2, -0.15) is 0 Å². The summed E-state index contributed by atoms with van der Waals surface area (Å²) in [4.78, 5) is 24.0. The summed E-state index contributed by atoms with van der Waals surface area (Å²) in [5.41, 5.74) is 7.98. The van der Waals surface area contributed by atoms with Gasteiger partial charge < -0.3 is 20.5 Å². The molecule has 2 fully saturated rings. The standard InChI is InChI=1S/C23H34FN5O/c1-14-7-9-15(10-8-14)20(25)22-26-16-11-12-17(19(24)21(16)27-22)29-13-5-4-6-18(29)23(30)28(2)3/h11-12,14-15,18,20H,4-10,13,25H2,1-3H3,(H,26,27)/t14?,15?,18-,20?/m0/s1. The van der Waals surface area contributed by atoms with E-state index in [2.05, 4.69) is 16.9 Å². The topological polar surface area (TPSA) is 78.2 Å². The second-order valence-corrected chi connectivity index (χ2v) is 9.40. The minimum atomic E-state index is -0.363. The van der Waals surface area contributed by atoms with E-state index in [1.807, 2.05) is 11.0 Å². The van der Waals surface area contributed by atoms with Gasteiger partial charge in [0, 0.05) is 20.6 Å². The minimum Gasteiger partial charge on any atom is -0.357 e. The Hall–Kier alpha value is -2.15. The van der Waals surface area contributed by atoms with Crippen LogP contribution in [-0.4, -0.2) is 47.5 Å². The number of nitrogens with zero attached hydrogens (tertiary/aromatic N) is 3. The van der Waals surface area contributed by atoms with Crippen LogP contribution in [0.4, 0.5) is 10.1 Å². The highest BCUT2D eigenvalue weighted by molar-refractivity contribution is 5.87. The van der Waals surface area contributed by atoms with Gasteiger partial charge in [0.1, 0.15) is 17.4 Å². The molecule has 2 aliphatic rings. The number of fused-ring (bicyclic) bond motifs is 1. The van der Waals surface area contributed by atoms with Crippen LogP contribution in [0.5, 0.6) is 0 Å². The number of likely N-dealkylation sites (N-methyl/N-ethyl adjacent to an activating group) is 1. The number of benzene rings is 1. The fourth-order valence-corrected chi connectivity index (χ4v) is 5.07. The molecule has 7 heteroatoms. The third-order valence-electron chi connectivity index (χ3n) is 7.01. The van der Waals surface area contributed by atoms with Crippen LogP contribution >= 0.6 is 0 Å². The summed E-state index contributed by atoms with van der Waals surface area (Å²) in [6.45, 7) is 2.96. The summed E-state index contributed by atoms with van der Waals surface area (Å²) in [6, 6.07) is 3.11. The number of hydrogen-bond donors (Lipinski definition) is 2. The Labute approximate surface area is 178 Å². The van der Waals surface area contributed by atoms with Crippen LogP contribution in [0.15, 0.2) is 12.1 Å². The van der Waals surface area contributed by atoms with Gasteiger partial charge in [0.2, 0.25) is 5.91 Å². The molecule has 1 aliphatic heterocycles. The van der Waals surface area contributed by atoms with Crippen molar-refractivity contribution in [1.82, 2.24) is 14.9 Å². The highest BCUT2D eigenvalue weighted by Crippen LogP contribution is 2.36. The maximum atomic E-state index is 15.6. The van der Waals surface area contributed by atoms with E-state index in [-0.39, 0.29) is 23.8 Å². The third-order valence-corrected chi connectivity index (χ3v) is 7.01. The number of carbonyl (C=O) groups excluding carboxylic acids is 1. The van der Waals surface area contributed by atoms with Gasteiger partial charge in [-0.05, 0) is 56.1 Å². The maximum absolute atomic E-state index is 15.6. The molecule has 4 rings (SSSR count). The molecule has 2 aromatic rings. The van der Waals surface area contributed by atoms with Crippen molar-refractivity contribution < 1.29 is 9.18 Å². The first-order valence-electron chi connectivity index (χ1n) is 11.3. The van der Waals surface area contributed by atoms with E-state index in [0.717, 1.165) is 38.0 Å². The van der Waals surface area contributed by atoms with Crippen LogP contribution < -0.4 is 10.6 Å². The zero-order chi connectivity index (χ0) is 21.4. The van der Waals surface area contributed by atoms with E-state index in [9.17, 15) is 4.79 Å². The first kappa shape index (κ1) is 21.1. The van der Waals surface area contributed by atoms with E-state index in [1.165, 1.54) is 12.8 Å². The molecule has 1 aliphatic carbocycles. The molecule has 30 heavy (non-hydrogen) atoms. The second kappa shape index (κ2) is 8.53. The Kier molecular flexibility index (Phi) is 6.00. The largest absolute Gasteiger partial charge is 0.357 e. The molecule has 1 amide bonds.